The molecule has 2 unspecified atom stereocenters. The van der Waals surface area contributed by atoms with Crippen LogP contribution >= 0.6 is 0 Å². The Balaban J connectivity index is 2.40. The highest BCUT2D eigenvalue weighted by molar-refractivity contribution is 7.89. The van der Waals surface area contributed by atoms with Crippen molar-refractivity contribution in [2.24, 2.45) is 0 Å². The molecule has 1 aromatic rings. The lowest BCUT2D eigenvalue weighted by molar-refractivity contribution is 0.342. The fourth-order valence-electron chi connectivity index (χ4n) is 1.31. The zero-order valence-corrected chi connectivity index (χ0v) is 13.2. The first-order valence-electron chi connectivity index (χ1n) is 6.08. The van der Waals surface area contributed by atoms with Crippen molar-refractivity contribution in [1.82, 2.24) is 4.72 Å². The lowest BCUT2D eigenvalue weighted by Crippen LogP contribution is -2.35. The van der Waals surface area contributed by atoms with Gasteiger partial charge in [-0.2, -0.15) is 0 Å². The van der Waals surface area contributed by atoms with Crippen LogP contribution in [0.2, 0.25) is 0 Å². The number of nitrogens with two attached hydrogens (primary N) is 1. The van der Waals surface area contributed by atoms with Crippen molar-refractivity contribution in [2.45, 2.75) is 12.2 Å². The largest absolute Gasteiger partial charge is 0.490 e. The summed E-state index contributed by atoms with van der Waals surface area (Å²) < 4.78 is 42.3. The molecule has 0 saturated carbocycles. The molecule has 114 valence electrons. The lowest BCUT2D eigenvalue weighted by atomic mass is 10.3. The Kier molecular flexibility index (Phi) is 6.44. The van der Waals surface area contributed by atoms with Gasteiger partial charge in [0.1, 0.15) is 12.4 Å². The lowest BCUT2D eigenvalue weighted by Gasteiger charge is -2.12. The molecule has 8 heteroatoms. The summed E-state index contributed by atoms with van der Waals surface area (Å²) in [6, 6.07) is 6.89. The van der Waals surface area contributed by atoms with Crippen molar-refractivity contribution in [2.75, 3.05) is 30.9 Å². The summed E-state index contributed by atoms with van der Waals surface area (Å²) in [5, 5.41) is -0.226. The number of para-hydroxylation sites is 2. The summed E-state index contributed by atoms with van der Waals surface area (Å²) in [4.78, 5) is 0. The van der Waals surface area contributed by atoms with E-state index >= 15 is 0 Å². The van der Waals surface area contributed by atoms with Crippen LogP contribution in [-0.4, -0.2) is 43.0 Å². The van der Waals surface area contributed by atoms with E-state index in [1.807, 2.05) is 0 Å². The summed E-state index contributed by atoms with van der Waals surface area (Å²) in [6.07, 6.45) is 1.54. The van der Waals surface area contributed by atoms with Crippen LogP contribution in [0, 0.1) is 0 Å². The quantitative estimate of drug-likeness (QED) is 0.673. The summed E-state index contributed by atoms with van der Waals surface area (Å²) in [5.41, 5.74) is 6.14. The van der Waals surface area contributed by atoms with Gasteiger partial charge in [0.15, 0.2) is 0 Å². The fourth-order valence-corrected chi connectivity index (χ4v) is 2.68. The van der Waals surface area contributed by atoms with Gasteiger partial charge >= 0.3 is 0 Å². The summed E-state index contributed by atoms with van der Waals surface area (Å²) in [5.74, 6) is 0.287. The third-order valence-corrected chi connectivity index (χ3v) is 5.30. The third-order valence-electron chi connectivity index (χ3n) is 2.69. The minimum absolute atomic E-state index is 0.00709. The van der Waals surface area contributed by atoms with Gasteiger partial charge < -0.3 is 10.5 Å². The SMILES string of the molecule is CC(CNS(=O)(=O)CCOc1ccccc1N)S(C)=O. The second-order valence-corrected chi connectivity index (χ2v) is 8.09. The molecule has 0 heterocycles. The minimum atomic E-state index is -3.44. The normalized spacial score (nSPS) is 14.7. The Bertz CT molecular complexity index is 560. The van der Waals surface area contributed by atoms with E-state index in [4.69, 9.17) is 10.5 Å². The van der Waals surface area contributed by atoms with Crippen LogP contribution in [0.15, 0.2) is 24.3 Å². The predicted molar refractivity (Wildman–Crippen MR) is 81.7 cm³/mol. The molecule has 0 aliphatic rings. The molecule has 0 bridgehead atoms. The molecule has 0 fully saturated rings. The molecule has 6 nitrogen and oxygen atoms in total. The van der Waals surface area contributed by atoms with Crippen LogP contribution in [0.5, 0.6) is 5.75 Å². The summed E-state index contributed by atoms with van der Waals surface area (Å²) in [6.45, 7) is 1.88. The maximum atomic E-state index is 11.7. The molecule has 0 aliphatic heterocycles. The van der Waals surface area contributed by atoms with Crippen molar-refractivity contribution in [1.29, 1.82) is 0 Å². The van der Waals surface area contributed by atoms with Gasteiger partial charge in [-0.25, -0.2) is 13.1 Å². The first-order chi connectivity index (χ1) is 9.32. The summed E-state index contributed by atoms with van der Waals surface area (Å²) >= 11 is 0. The second kappa shape index (κ2) is 7.61. The number of sulfonamides is 1. The number of nitrogen functional groups attached to an aromatic ring is 1. The Morgan fingerprint density at radius 2 is 2.05 bits per heavy atom. The Morgan fingerprint density at radius 3 is 2.65 bits per heavy atom. The van der Waals surface area contributed by atoms with Gasteiger partial charge in [0.2, 0.25) is 10.0 Å². The number of nitrogens with one attached hydrogen (secondary N) is 1. The zero-order valence-electron chi connectivity index (χ0n) is 11.5. The molecular weight excluding hydrogens is 300 g/mol. The smallest absolute Gasteiger partial charge is 0.214 e. The maximum absolute atomic E-state index is 11.7. The van der Waals surface area contributed by atoms with Gasteiger partial charge in [-0.15, -0.1) is 0 Å². The van der Waals surface area contributed by atoms with E-state index < -0.39 is 20.8 Å². The van der Waals surface area contributed by atoms with Crippen molar-refractivity contribution >= 4 is 26.5 Å². The van der Waals surface area contributed by atoms with E-state index in [-0.39, 0.29) is 24.2 Å². The Hall–Kier alpha value is -1.12. The number of benzene rings is 1. The minimum Gasteiger partial charge on any atom is -0.490 e. The van der Waals surface area contributed by atoms with Gasteiger partial charge in [0, 0.05) is 28.9 Å². The van der Waals surface area contributed by atoms with Crippen molar-refractivity contribution in [3.05, 3.63) is 24.3 Å². The molecule has 2 atom stereocenters. The standard InChI is InChI=1S/C12H20N2O4S2/c1-10(19(2)15)9-14-20(16,17)8-7-18-12-6-4-3-5-11(12)13/h3-6,10,14H,7-9,13H2,1-2H3. The van der Waals surface area contributed by atoms with E-state index in [1.165, 1.54) is 0 Å². The van der Waals surface area contributed by atoms with Crippen LogP contribution in [-0.2, 0) is 20.8 Å². The average molecular weight is 320 g/mol. The number of ether oxygens (including phenoxy) is 1. The van der Waals surface area contributed by atoms with Crippen LogP contribution in [0.25, 0.3) is 0 Å². The van der Waals surface area contributed by atoms with Gasteiger partial charge in [-0.3, -0.25) is 4.21 Å². The molecule has 0 aromatic heterocycles. The number of anilines is 1. The van der Waals surface area contributed by atoms with Gasteiger partial charge in [-0.05, 0) is 19.1 Å². The zero-order chi connectivity index (χ0) is 15.2. The topological polar surface area (TPSA) is 98.5 Å². The molecular formula is C12H20N2O4S2. The summed E-state index contributed by atoms with van der Waals surface area (Å²) in [7, 11) is -4.50. The van der Waals surface area contributed by atoms with Crippen molar-refractivity contribution < 1.29 is 17.4 Å². The van der Waals surface area contributed by atoms with E-state index in [1.54, 1.807) is 37.4 Å². The van der Waals surface area contributed by atoms with Crippen LogP contribution in [0.4, 0.5) is 5.69 Å². The monoisotopic (exact) mass is 320 g/mol. The molecule has 0 spiro atoms. The number of rotatable bonds is 8. The van der Waals surface area contributed by atoms with E-state index in [0.717, 1.165) is 0 Å². The third kappa shape index (κ3) is 5.89. The van der Waals surface area contributed by atoms with E-state index in [9.17, 15) is 12.6 Å². The first-order valence-corrected chi connectivity index (χ1v) is 9.36. The van der Waals surface area contributed by atoms with Gasteiger partial charge in [0.25, 0.3) is 0 Å². The molecule has 0 amide bonds. The molecule has 0 radical (unpaired) electrons. The Labute approximate surface area is 122 Å². The van der Waals surface area contributed by atoms with Gasteiger partial charge in [0.05, 0.1) is 11.4 Å². The molecule has 3 N–H and O–H groups in total. The van der Waals surface area contributed by atoms with E-state index in [2.05, 4.69) is 4.72 Å². The van der Waals surface area contributed by atoms with E-state index in [0.29, 0.717) is 11.4 Å². The van der Waals surface area contributed by atoms with Gasteiger partial charge in [-0.1, -0.05) is 12.1 Å². The molecule has 1 aromatic carbocycles. The molecule has 0 saturated heterocycles. The Morgan fingerprint density at radius 1 is 1.40 bits per heavy atom. The maximum Gasteiger partial charge on any atom is 0.214 e. The van der Waals surface area contributed by atoms with Crippen LogP contribution in [0.1, 0.15) is 6.92 Å². The highest BCUT2D eigenvalue weighted by Crippen LogP contribution is 2.19. The highest BCUT2D eigenvalue weighted by Gasteiger charge is 2.14. The van der Waals surface area contributed by atoms with Crippen LogP contribution < -0.4 is 15.2 Å². The average Bonchev–Trinajstić information content (AvgIpc) is 2.38. The second-order valence-electron chi connectivity index (χ2n) is 4.36. The first kappa shape index (κ1) is 16.9. The van der Waals surface area contributed by atoms with Crippen LogP contribution in [0.3, 0.4) is 0 Å². The van der Waals surface area contributed by atoms with Crippen molar-refractivity contribution in [3.63, 3.8) is 0 Å². The molecule has 1 rings (SSSR count). The highest BCUT2D eigenvalue weighted by atomic mass is 32.2. The number of hydrogen-bond donors (Lipinski definition) is 2. The number of hydrogen-bond acceptors (Lipinski definition) is 5. The molecule has 20 heavy (non-hydrogen) atoms. The van der Waals surface area contributed by atoms with Crippen molar-refractivity contribution in [3.8, 4) is 5.75 Å². The molecule has 0 aliphatic carbocycles. The fraction of sp³-hybridized carbons (Fsp3) is 0.500. The predicted octanol–water partition coefficient (Wildman–Crippen LogP) is 0.334.